The second-order valence-electron chi connectivity index (χ2n) is 5.94. The van der Waals surface area contributed by atoms with Crippen LogP contribution in [0, 0.1) is 0 Å². The van der Waals surface area contributed by atoms with E-state index >= 15 is 0 Å². The Kier molecular flexibility index (Phi) is 6.41. The summed E-state index contributed by atoms with van der Waals surface area (Å²) in [7, 11) is -3.62. The SMILES string of the molecule is CCCN(CCC)C(=O)CCS(=O)(=O)c1ccc2c(c1)NC(=O)CO2. The Morgan fingerprint density at radius 3 is 2.56 bits per heavy atom. The molecule has 0 unspecified atom stereocenters. The fourth-order valence-corrected chi connectivity index (χ4v) is 3.91. The van der Waals surface area contributed by atoms with Crippen molar-refractivity contribution in [1.29, 1.82) is 0 Å². The lowest BCUT2D eigenvalue weighted by Gasteiger charge is -2.21. The molecular formula is C17H24N2O5S. The Hall–Kier alpha value is -2.09. The van der Waals surface area contributed by atoms with Crippen LogP contribution in [0.3, 0.4) is 0 Å². The number of carbonyl (C=O) groups excluding carboxylic acids is 2. The first-order chi connectivity index (χ1) is 11.9. The van der Waals surface area contributed by atoms with Crippen molar-refractivity contribution in [2.75, 3.05) is 30.8 Å². The molecule has 0 radical (unpaired) electrons. The van der Waals surface area contributed by atoms with Crippen LogP contribution < -0.4 is 10.1 Å². The van der Waals surface area contributed by atoms with Crippen molar-refractivity contribution in [3.8, 4) is 5.75 Å². The highest BCUT2D eigenvalue weighted by Crippen LogP contribution is 2.30. The van der Waals surface area contributed by atoms with Gasteiger partial charge in [0.1, 0.15) is 5.75 Å². The molecule has 1 heterocycles. The van der Waals surface area contributed by atoms with Gasteiger partial charge in [-0.05, 0) is 31.0 Å². The maximum Gasteiger partial charge on any atom is 0.262 e. The Morgan fingerprint density at radius 2 is 1.92 bits per heavy atom. The number of ether oxygens (including phenoxy) is 1. The van der Waals surface area contributed by atoms with Crippen LogP contribution in [0.25, 0.3) is 0 Å². The number of hydrogen-bond acceptors (Lipinski definition) is 5. The molecule has 2 rings (SSSR count). The summed E-state index contributed by atoms with van der Waals surface area (Å²) < 4.78 is 30.3. The molecule has 7 nitrogen and oxygen atoms in total. The molecule has 0 bridgehead atoms. The number of rotatable bonds is 8. The molecule has 1 aromatic carbocycles. The van der Waals surface area contributed by atoms with Gasteiger partial charge in [-0.2, -0.15) is 0 Å². The number of carbonyl (C=O) groups is 2. The van der Waals surface area contributed by atoms with Gasteiger partial charge < -0.3 is 15.0 Å². The van der Waals surface area contributed by atoms with E-state index in [9.17, 15) is 18.0 Å². The summed E-state index contributed by atoms with van der Waals surface area (Å²) in [6.07, 6.45) is 1.62. The van der Waals surface area contributed by atoms with Crippen molar-refractivity contribution < 1.29 is 22.7 Å². The van der Waals surface area contributed by atoms with E-state index in [1.54, 1.807) is 4.90 Å². The smallest absolute Gasteiger partial charge is 0.262 e. The Labute approximate surface area is 148 Å². The van der Waals surface area contributed by atoms with Crippen LogP contribution in [0.4, 0.5) is 5.69 Å². The molecule has 1 N–H and O–H groups in total. The minimum atomic E-state index is -3.62. The van der Waals surface area contributed by atoms with Gasteiger partial charge in [0, 0.05) is 19.5 Å². The molecule has 0 saturated heterocycles. The molecule has 2 amide bonds. The maximum absolute atomic E-state index is 12.5. The van der Waals surface area contributed by atoms with Crippen molar-refractivity contribution in [2.45, 2.75) is 38.0 Å². The summed E-state index contributed by atoms with van der Waals surface area (Å²) >= 11 is 0. The number of anilines is 1. The van der Waals surface area contributed by atoms with E-state index in [2.05, 4.69) is 5.32 Å². The lowest BCUT2D eigenvalue weighted by molar-refractivity contribution is -0.130. The summed E-state index contributed by atoms with van der Waals surface area (Å²) in [5.74, 6) is -0.302. The van der Waals surface area contributed by atoms with Gasteiger partial charge >= 0.3 is 0 Å². The summed E-state index contributed by atoms with van der Waals surface area (Å²) in [5.41, 5.74) is 0.335. The van der Waals surface area contributed by atoms with Gasteiger partial charge in [-0.25, -0.2) is 8.42 Å². The minimum absolute atomic E-state index is 0.0533. The third kappa shape index (κ3) is 4.94. The van der Waals surface area contributed by atoms with Gasteiger partial charge in [0.15, 0.2) is 16.4 Å². The van der Waals surface area contributed by atoms with Gasteiger partial charge in [-0.1, -0.05) is 13.8 Å². The number of sulfone groups is 1. The average Bonchev–Trinajstić information content (AvgIpc) is 2.59. The Balaban J connectivity index is 2.07. The molecule has 1 aliphatic heterocycles. The van der Waals surface area contributed by atoms with Crippen LogP contribution in [0.2, 0.25) is 0 Å². The molecule has 25 heavy (non-hydrogen) atoms. The largest absolute Gasteiger partial charge is 0.482 e. The molecular weight excluding hydrogens is 344 g/mol. The zero-order chi connectivity index (χ0) is 18.4. The van der Waals surface area contributed by atoms with Crippen LogP contribution in [-0.4, -0.2) is 50.6 Å². The summed E-state index contributed by atoms with van der Waals surface area (Å²) in [6.45, 7) is 5.15. The van der Waals surface area contributed by atoms with Gasteiger partial charge in [0.25, 0.3) is 5.91 Å². The van der Waals surface area contributed by atoms with E-state index in [0.29, 0.717) is 24.5 Å². The number of amides is 2. The van der Waals surface area contributed by atoms with Crippen molar-refractivity contribution >= 4 is 27.3 Å². The summed E-state index contributed by atoms with van der Waals surface area (Å²) in [6, 6.07) is 4.33. The van der Waals surface area contributed by atoms with E-state index < -0.39 is 9.84 Å². The predicted octanol–water partition coefficient (Wildman–Crippen LogP) is 1.83. The molecule has 0 aromatic heterocycles. The zero-order valence-electron chi connectivity index (χ0n) is 14.6. The predicted molar refractivity (Wildman–Crippen MR) is 94.4 cm³/mol. The molecule has 8 heteroatoms. The molecule has 0 saturated carbocycles. The Morgan fingerprint density at radius 1 is 1.24 bits per heavy atom. The first-order valence-corrected chi connectivity index (χ1v) is 10.1. The lowest BCUT2D eigenvalue weighted by atomic mass is 10.2. The standard InChI is InChI=1S/C17H24N2O5S/c1-3-8-19(9-4-2)17(21)7-10-25(22,23)13-5-6-15-14(11-13)18-16(20)12-24-15/h5-6,11H,3-4,7-10,12H2,1-2H3,(H,18,20). The van der Waals surface area contributed by atoms with Crippen molar-refractivity contribution in [3.05, 3.63) is 18.2 Å². The number of nitrogens with one attached hydrogen (secondary N) is 1. The van der Waals surface area contributed by atoms with E-state index in [4.69, 9.17) is 4.74 Å². The van der Waals surface area contributed by atoms with Crippen LogP contribution in [0.15, 0.2) is 23.1 Å². The fraction of sp³-hybridized carbons (Fsp3) is 0.529. The second kappa shape index (κ2) is 8.33. The highest BCUT2D eigenvalue weighted by atomic mass is 32.2. The van der Waals surface area contributed by atoms with Crippen LogP contribution in [0.1, 0.15) is 33.1 Å². The number of hydrogen-bond donors (Lipinski definition) is 1. The van der Waals surface area contributed by atoms with Gasteiger partial charge in [-0.15, -0.1) is 0 Å². The highest BCUT2D eigenvalue weighted by Gasteiger charge is 2.23. The molecule has 0 atom stereocenters. The fourth-order valence-electron chi connectivity index (χ4n) is 2.65. The molecule has 0 aliphatic carbocycles. The first kappa shape index (κ1) is 19.2. The van der Waals surface area contributed by atoms with E-state index in [1.807, 2.05) is 13.8 Å². The van der Waals surface area contributed by atoms with Gasteiger partial charge in [0.2, 0.25) is 5.91 Å². The van der Waals surface area contributed by atoms with E-state index in [-0.39, 0.29) is 35.5 Å². The van der Waals surface area contributed by atoms with Gasteiger partial charge in [0.05, 0.1) is 16.3 Å². The zero-order valence-corrected chi connectivity index (χ0v) is 15.4. The average molecular weight is 368 g/mol. The van der Waals surface area contributed by atoms with E-state index in [0.717, 1.165) is 12.8 Å². The molecule has 138 valence electrons. The quantitative estimate of drug-likeness (QED) is 0.756. The normalized spacial score (nSPS) is 13.6. The van der Waals surface area contributed by atoms with Crippen LogP contribution in [-0.2, 0) is 19.4 Å². The first-order valence-electron chi connectivity index (χ1n) is 8.44. The van der Waals surface area contributed by atoms with Crippen molar-refractivity contribution in [2.24, 2.45) is 0 Å². The van der Waals surface area contributed by atoms with Crippen LogP contribution in [0.5, 0.6) is 5.75 Å². The monoisotopic (exact) mass is 368 g/mol. The van der Waals surface area contributed by atoms with Crippen molar-refractivity contribution in [1.82, 2.24) is 4.90 Å². The Bertz CT molecular complexity index is 739. The third-order valence-electron chi connectivity index (χ3n) is 3.87. The second-order valence-corrected chi connectivity index (χ2v) is 8.05. The number of nitrogens with zero attached hydrogens (tertiary/aromatic N) is 1. The molecule has 1 aliphatic rings. The van der Waals surface area contributed by atoms with Crippen molar-refractivity contribution in [3.63, 3.8) is 0 Å². The lowest BCUT2D eigenvalue weighted by Crippen LogP contribution is -2.33. The summed E-state index contributed by atoms with van der Waals surface area (Å²) in [4.78, 5) is 25.4. The topological polar surface area (TPSA) is 92.8 Å². The molecule has 0 spiro atoms. The van der Waals surface area contributed by atoms with Gasteiger partial charge in [-0.3, -0.25) is 9.59 Å². The maximum atomic E-state index is 12.5. The minimum Gasteiger partial charge on any atom is -0.482 e. The summed E-state index contributed by atoms with van der Waals surface area (Å²) in [5, 5.41) is 2.59. The number of fused-ring (bicyclic) bond motifs is 1. The third-order valence-corrected chi connectivity index (χ3v) is 5.58. The highest BCUT2D eigenvalue weighted by molar-refractivity contribution is 7.91. The molecule has 1 aromatic rings. The van der Waals surface area contributed by atoms with Crippen LogP contribution >= 0.6 is 0 Å². The molecule has 0 fully saturated rings. The van der Waals surface area contributed by atoms with E-state index in [1.165, 1.54) is 18.2 Å². The number of benzene rings is 1.